The van der Waals surface area contributed by atoms with Gasteiger partial charge in [0.15, 0.2) is 5.82 Å². The highest BCUT2D eigenvalue weighted by Crippen LogP contribution is 2.27. The summed E-state index contributed by atoms with van der Waals surface area (Å²) < 4.78 is 1.60. The van der Waals surface area contributed by atoms with Crippen LogP contribution in [0.2, 0.25) is 0 Å². The van der Waals surface area contributed by atoms with E-state index in [4.69, 9.17) is 0 Å². The quantitative estimate of drug-likeness (QED) is 0.821. The maximum atomic E-state index is 11.9. The predicted octanol–water partition coefficient (Wildman–Crippen LogP) is 0.815. The van der Waals surface area contributed by atoms with Gasteiger partial charge in [-0.25, -0.2) is 4.68 Å². The van der Waals surface area contributed by atoms with E-state index >= 15 is 0 Å². The van der Waals surface area contributed by atoms with Crippen LogP contribution in [0.4, 0.5) is 5.69 Å². The molecule has 0 unspecified atom stereocenters. The molecule has 1 aliphatic rings. The van der Waals surface area contributed by atoms with Crippen molar-refractivity contribution in [2.45, 2.75) is 12.8 Å². The van der Waals surface area contributed by atoms with Crippen molar-refractivity contribution in [1.29, 1.82) is 0 Å². The third-order valence-electron chi connectivity index (χ3n) is 3.44. The van der Waals surface area contributed by atoms with Gasteiger partial charge in [-0.2, -0.15) is 0 Å². The first kappa shape index (κ1) is 13.7. The number of rotatable bonds is 6. The minimum absolute atomic E-state index is 0.0381. The highest BCUT2D eigenvalue weighted by atomic mass is 16.1. The van der Waals surface area contributed by atoms with Crippen molar-refractivity contribution in [3.63, 3.8) is 0 Å². The van der Waals surface area contributed by atoms with Crippen LogP contribution < -0.4 is 10.6 Å². The molecule has 21 heavy (non-hydrogen) atoms. The number of tetrazole rings is 1. The van der Waals surface area contributed by atoms with Gasteiger partial charge in [0.05, 0.1) is 6.54 Å². The second-order valence-corrected chi connectivity index (χ2v) is 5.33. The Bertz CT molecular complexity index is 634. The lowest BCUT2D eigenvalue weighted by atomic mass is 10.2. The van der Waals surface area contributed by atoms with Gasteiger partial charge < -0.3 is 10.6 Å². The number of hydrogen-bond acceptors (Lipinski definition) is 5. The summed E-state index contributed by atoms with van der Waals surface area (Å²) in [6.45, 7) is 1.27. The summed E-state index contributed by atoms with van der Waals surface area (Å²) in [5, 5.41) is 17.4. The molecule has 0 aliphatic heterocycles. The number of nitrogens with one attached hydrogen (secondary N) is 2. The first-order valence-corrected chi connectivity index (χ1v) is 7.06. The number of amides is 1. The van der Waals surface area contributed by atoms with Gasteiger partial charge in [0.25, 0.3) is 0 Å². The number of nitrogens with zero attached hydrogens (tertiary/aromatic N) is 4. The third kappa shape index (κ3) is 3.63. The molecule has 0 radical (unpaired) electrons. The zero-order valence-electron chi connectivity index (χ0n) is 11.9. The SMILES string of the molecule is Cn1nnnc1-c1cccc(NC(=O)CNCC2CC2)c1. The van der Waals surface area contributed by atoms with Crippen LogP contribution >= 0.6 is 0 Å². The lowest BCUT2D eigenvalue weighted by Crippen LogP contribution is -2.29. The van der Waals surface area contributed by atoms with Crippen LogP contribution in [0.1, 0.15) is 12.8 Å². The van der Waals surface area contributed by atoms with Crippen molar-refractivity contribution >= 4 is 11.6 Å². The molecule has 3 rings (SSSR count). The predicted molar refractivity (Wildman–Crippen MR) is 78.5 cm³/mol. The second-order valence-electron chi connectivity index (χ2n) is 5.33. The lowest BCUT2D eigenvalue weighted by Gasteiger charge is -2.07. The molecule has 1 saturated carbocycles. The average molecular weight is 286 g/mol. The molecule has 1 amide bonds. The highest BCUT2D eigenvalue weighted by Gasteiger charge is 2.20. The summed E-state index contributed by atoms with van der Waals surface area (Å²) in [5.74, 6) is 1.39. The van der Waals surface area contributed by atoms with E-state index in [-0.39, 0.29) is 5.91 Å². The molecule has 2 aromatic rings. The number of aromatic nitrogens is 4. The maximum absolute atomic E-state index is 11.9. The van der Waals surface area contributed by atoms with Gasteiger partial charge in [-0.05, 0) is 47.9 Å². The first-order valence-electron chi connectivity index (χ1n) is 7.06. The number of carbonyl (C=O) groups is 1. The van der Waals surface area contributed by atoms with Crippen LogP contribution in [0.3, 0.4) is 0 Å². The van der Waals surface area contributed by atoms with Crippen molar-refractivity contribution in [3.8, 4) is 11.4 Å². The van der Waals surface area contributed by atoms with Crippen molar-refractivity contribution in [1.82, 2.24) is 25.5 Å². The van der Waals surface area contributed by atoms with Gasteiger partial charge in [-0.15, -0.1) is 5.10 Å². The van der Waals surface area contributed by atoms with Crippen LogP contribution in [0.5, 0.6) is 0 Å². The smallest absolute Gasteiger partial charge is 0.238 e. The van der Waals surface area contributed by atoms with Crippen LogP contribution in [0.15, 0.2) is 24.3 Å². The van der Waals surface area contributed by atoms with Gasteiger partial charge in [0.2, 0.25) is 5.91 Å². The molecule has 1 aromatic heterocycles. The fraction of sp³-hybridized carbons (Fsp3) is 0.429. The molecular formula is C14H18N6O. The van der Waals surface area contributed by atoms with Crippen LogP contribution in [0, 0.1) is 5.92 Å². The van der Waals surface area contributed by atoms with E-state index in [1.165, 1.54) is 12.8 Å². The Kier molecular flexibility index (Phi) is 3.92. The Morgan fingerprint density at radius 2 is 2.29 bits per heavy atom. The van der Waals surface area contributed by atoms with E-state index in [0.29, 0.717) is 12.4 Å². The monoisotopic (exact) mass is 286 g/mol. The number of anilines is 1. The minimum Gasteiger partial charge on any atom is -0.325 e. The number of hydrogen-bond donors (Lipinski definition) is 2. The van der Waals surface area contributed by atoms with E-state index in [2.05, 4.69) is 26.2 Å². The van der Waals surface area contributed by atoms with Crippen molar-refractivity contribution in [2.24, 2.45) is 13.0 Å². The van der Waals surface area contributed by atoms with Gasteiger partial charge in [0, 0.05) is 18.3 Å². The minimum atomic E-state index is -0.0381. The second kappa shape index (κ2) is 6.01. The molecule has 0 bridgehead atoms. The van der Waals surface area contributed by atoms with Gasteiger partial charge in [0.1, 0.15) is 0 Å². The average Bonchev–Trinajstić information content (AvgIpc) is 3.19. The normalized spacial score (nSPS) is 14.1. The topological polar surface area (TPSA) is 84.7 Å². The zero-order valence-corrected chi connectivity index (χ0v) is 11.9. The summed E-state index contributed by atoms with van der Waals surface area (Å²) in [4.78, 5) is 11.9. The molecule has 7 heteroatoms. The molecular weight excluding hydrogens is 268 g/mol. The molecule has 0 saturated heterocycles. The maximum Gasteiger partial charge on any atom is 0.238 e. The summed E-state index contributed by atoms with van der Waals surface area (Å²) >= 11 is 0. The molecule has 2 N–H and O–H groups in total. The first-order chi connectivity index (χ1) is 10.2. The van der Waals surface area contributed by atoms with E-state index in [1.54, 1.807) is 11.7 Å². The molecule has 110 valence electrons. The van der Waals surface area contributed by atoms with Crippen LogP contribution in [-0.4, -0.2) is 39.2 Å². The fourth-order valence-corrected chi connectivity index (χ4v) is 2.13. The molecule has 0 spiro atoms. The number of benzene rings is 1. The Labute approximate surface area is 122 Å². The highest BCUT2D eigenvalue weighted by molar-refractivity contribution is 5.92. The zero-order chi connectivity index (χ0) is 14.7. The van der Waals surface area contributed by atoms with Crippen molar-refractivity contribution < 1.29 is 4.79 Å². The molecule has 1 fully saturated rings. The molecule has 1 aromatic carbocycles. The summed E-state index contributed by atoms with van der Waals surface area (Å²) in [5.41, 5.74) is 1.61. The van der Waals surface area contributed by atoms with Crippen molar-refractivity contribution in [3.05, 3.63) is 24.3 Å². The van der Waals surface area contributed by atoms with E-state index < -0.39 is 0 Å². The van der Waals surface area contributed by atoms with E-state index in [0.717, 1.165) is 23.7 Å². The van der Waals surface area contributed by atoms with E-state index in [9.17, 15) is 4.79 Å². The molecule has 0 atom stereocenters. The Balaban J connectivity index is 1.60. The molecule has 1 aliphatic carbocycles. The Morgan fingerprint density at radius 1 is 1.43 bits per heavy atom. The van der Waals surface area contributed by atoms with Crippen molar-refractivity contribution in [2.75, 3.05) is 18.4 Å². The third-order valence-corrected chi connectivity index (χ3v) is 3.44. The molecule has 7 nitrogen and oxygen atoms in total. The van der Waals surface area contributed by atoms with Gasteiger partial charge >= 0.3 is 0 Å². The van der Waals surface area contributed by atoms with Crippen LogP contribution in [0.25, 0.3) is 11.4 Å². The Hall–Kier alpha value is -2.28. The summed E-state index contributed by atoms with van der Waals surface area (Å²) in [6, 6.07) is 7.50. The van der Waals surface area contributed by atoms with Gasteiger partial charge in [-0.1, -0.05) is 12.1 Å². The number of aryl methyl sites for hydroxylation is 1. The standard InChI is InChI=1S/C14H18N6O/c1-20-14(17-18-19-20)11-3-2-4-12(7-11)16-13(21)9-15-8-10-5-6-10/h2-4,7,10,15H,5-6,8-9H2,1H3,(H,16,21). The summed E-state index contributed by atoms with van der Waals surface area (Å²) in [6.07, 6.45) is 2.56. The Morgan fingerprint density at radius 3 is 3.00 bits per heavy atom. The van der Waals surface area contributed by atoms with Gasteiger partial charge in [-0.3, -0.25) is 4.79 Å². The molecule has 1 heterocycles. The summed E-state index contributed by atoms with van der Waals surface area (Å²) in [7, 11) is 1.78. The van der Waals surface area contributed by atoms with E-state index in [1.807, 2.05) is 24.3 Å². The lowest BCUT2D eigenvalue weighted by molar-refractivity contribution is -0.115. The van der Waals surface area contributed by atoms with Crippen LogP contribution in [-0.2, 0) is 11.8 Å². The number of carbonyl (C=O) groups excluding carboxylic acids is 1. The fourth-order valence-electron chi connectivity index (χ4n) is 2.13. The largest absolute Gasteiger partial charge is 0.325 e.